The van der Waals surface area contributed by atoms with Crippen molar-refractivity contribution in [3.63, 3.8) is 0 Å². The topological polar surface area (TPSA) is 180 Å². The van der Waals surface area contributed by atoms with Crippen LogP contribution in [0, 0.1) is 23.2 Å². The van der Waals surface area contributed by atoms with Crippen LogP contribution in [0.5, 0.6) is 0 Å². The minimum atomic E-state index is -1.08. The van der Waals surface area contributed by atoms with E-state index < -0.39 is 70.9 Å². The summed E-state index contributed by atoms with van der Waals surface area (Å²) < 4.78 is 0. The van der Waals surface area contributed by atoms with Crippen LogP contribution in [0.4, 0.5) is 0 Å². The Balaban J connectivity index is 1.53. The quantitative estimate of drug-likeness (QED) is 0.172. The number of aromatic nitrogens is 2. The summed E-state index contributed by atoms with van der Waals surface area (Å²) in [6.45, 7) is 12.9. The van der Waals surface area contributed by atoms with Gasteiger partial charge in [0.25, 0.3) is 11.8 Å². The van der Waals surface area contributed by atoms with Gasteiger partial charge in [0.2, 0.25) is 23.5 Å². The van der Waals surface area contributed by atoms with Gasteiger partial charge >= 0.3 is 0 Å². The lowest BCUT2D eigenvalue weighted by atomic mass is 9.84. The fraction of sp³-hybridized carbons (Fsp3) is 0.526. The number of hydrogen-bond donors (Lipinski definition) is 4. The van der Waals surface area contributed by atoms with Crippen LogP contribution in [-0.2, 0) is 24.0 Å². The van der Waals surface area contributed by atoms with Gasteiger partial charge in [0, 0.05) is 24.9 Å². The summed E-state index contributed by atoms with van der Waals surface area (Å²) in [5.41, 5.74) is 0.0992. The molecule has 1 aromatic carbocycles. The van der Waals surface area contributed by atoms with Gasteiger partial charge in [-0.2, -0.15) is 0 Å². The van der Waals surface area contributed by atoms with Crippen LogP contribution in [0.3, 0.4) is 0 Å². The second-order valence-corrected chi connectivity index (χ2v) is 14.8. The average molecular weight is 702 g/mol. The maximum absolute atomic E-state index is 14.5. The summed E-state index contributed by atoms with van der Waals surface area (Å²) >= 11 is 0. The third-order valence-corrected chi connectivity index (χ3v) is 9.55. The van der Waals surface area contributed by atoms with Gasteiger partial charge in [0.05, 0.1) is 18.3 Å². The van der Waals surface area contributed by atoms with Crippen molar-refractivity contribution >= 4 is 35.3 Å². The molecule has 274 valence electrons. The lowest BCUT2D eigenvalue weighted by Crippen LogP contribution is -2.62. The zero-order chi connectivity index (χ0) is 37.5. The molecule has 4 N–H and O–H groups in total. The highest BCUT2D eigenvalue weighted by Gasteiger charge is 2.51. The minimum absolute atomic E-state index is 0.0490. The normalized spacial score (nSPS) is 20.5. The fourth-order valence-electron chi connectivity index (χ4n) is 6.70. The van der Waals surface area contributed by atoms with E-state index >= 15 is 0 Å². The first-order valence-electron chi connectivity index (χ1n) is 17.7. The molecule has 7 atom stereocenters. The van der Waals surface area contributed by atoms with Crippen molar-refractivity contribution in [2.45, 2.75) is 97.9 Å². The van der Waals surface area contributed by atoms with E-state index in [0.29, 0.717) is 12.8 Å². The third-order valence-electron chi connectivity index (χ3n) is 9.55. The number of carbonyl (C=O) groups excluding carboxylic acids is 6. The van der Waals surface area contributed by atoms with E-state index in [-0.39, 0.29) is 36.4 Å². The van der Waals surface area contributed by atoms with Crippen molar-refractivity contribution in [2.75, 3.05) is 6.54 Å². The van der Waals surface area contributed by atoms with Crippen molar-refractivity contribution in [1.29, 1.82) is 0 Å². The first-order chi connectivity index (χ1) is 24.1. The fourth-order valence-corrected chi connectivity index (χ4v) is 6.70. The number of nitrogens with zero attached hydrogens (tertiary/aromatic N) is 3. The molecule has 13 heteroatoms. The van der Waals surface area contributed by atoms with E-state index in [0.717, 1.165) is 5.56 Å². The molecule has 1 unspecified atom stereocenters. The molecule has 2 aliphatic rings. The first kappa shape index (κ1) is 38.9. The molecular weight excluding hydrogens is 650 g/mol. The predicted octanol–water partition coefficient (Wildman–Crippen LogP) is 2.90. The number of likely N-dealkylation sites (tertiary alicyclic amines) is 1. The monoisotopic (exact) mass is 701 g/mol. The lowest BCUT2D eigenvalue weighted by Gasteiger charge is -2.37. The van der Waals surface area contributed by atoms with Crippen molar-refractivity contribution in [2.24, 2.45) is 23.2 Å². The van der Waals surface area contributed by atoms with E-state index in [9.17, 15) is 28.8 Å². The standard InChI is InChI=1S/C38H51N7O6/c1-8-13-27(31(46)36(50)41-23(4)24-14-10-9-11-15-24)42-35(49)30-26-17-12-16-25(26)21-45(30)37(51)32(38(5,6)7)44-34(48)29(22(2)3)43-33(47)28-20-39-18-19-40-28/h9-12,14-16,18-20,22-23,25-27,29-30,32H,8,13,17,21H2,1-7H3,(H,41,50)(H,42,49)(H,43,47)(H,44,48)/t23-,25-,26-,27?,29+,30-,32+/m0/s1. The Hall–Kier alpha value is -4.94. The van der Waals surface area contributed by atoms with Crippen LogP contribution in [0.25, 0.3) is 0 Å². The van der Waals surface area contributed by atoms with Gasteiger partial charge in [-0.1, -0.05) is 90.4 Å². The van der Waals surface area contributed by atoms with E-state index in [4.69, 9.17) is 0 Å². The molecule has 1 aromatic heterocycles. The highest BCUT2D eigenvalue weighted by atomic mass is 16.2. The zero-order valence-corrected chi connectivity index (χ0v) is 30.5. The smallest absolute Gasteiger partial charge is 0.290 e. The van der Waals surface area contributed by atoms with Crippen molar-refractivity contribution < 1.29 is 28.8 Å². The molecular formula is C38H51N7O6. The van der Waals surface area contributed by atoms with E-state index in [2.05, 4.69) is 31.2 Å². The van der Waals surface area contributed by atoms with Gasteiger partial charge in [-0.05, 0) is 42.6 Å². The number of fused-ring (bicyclic) bond motifs is 1. The maximum Gasteiger partial charge on any atom is 0.290 e. The van der Waals surface area contributed by atoms with Crippen LogP contribution in [-0.4, -0.2) is 80.9 Å². The Morgan fingerprint density at radius 3 is 2.25 bits per heavy atom. The number of allylic oxidation sites excluding steroid dienone is 1. The van der Waals surface area contributed by atoms with Crippen molar-refractivity contribution in [3.05, 3.63) is 72.3 Å². The van der Waals surface area contributed by atoms with E-state index in [1.165, 1.54) is 23.5 Å². The first-order valence-corrected chi connectivity index (χ1v) is 17.7. The van der Waals surface area contributed by atoms with Crippen molar-refractivity contribution in [3.8, 4) is 0 Å². The number of Topliss-reactive ketones (excluding diaryl/α,β-unsaturated/α-hetero) is 1. The zero-order valence-electron chi connectivity index (χ0n) is 30.5. The Kier molecular flexibility index (Phi) is 12.8. The highest BCUT2D eigenvalue weighted by Crippen LogP contribution is 2.39. The van der Waals surface area contributed by atoms with Crippen LogP contribution in [0.1, 0.15) is 89.8 Å². The Morgan fingerprint density at radius 1 is 0.941 bits per heavy atom. The summed E-state index contributed by atoms with van der Waals surface area (Å²) in [5.74, 6) is -4.32. The van der Waals surface area contributed by atoms with Gasteiger partial charge in [0.1, 0.15) is 23.8 Å². The molecule has 2 aromatic rings. The second-order valence-electron chi connectivity index (χ2n) is 14.8. The van der Waals surface area contributed by atoms with Gasteiger partial charge in [-0.25, -0.2) is 4.98 Å². The van der Waals surface area contributed by atoms with Crippen LogP contribution < -0.4 is 21.3 Å². The number of hydrogen-bond acceptors (Lipinski definition) is 8. The Labute approximate surface area is 299 Å². The molecule has 0 radical (unpaired) electrons. The Bertz CT molecular complexity index is 1610. The third kappa shape index (κ3) is 9.44. The molecule has 1 saturated heterocycles. The summed E-state index contributed by atoms with van der Waals surface area (Å²) in [4.78, 5) is 91.2. The number of nitrogens with one attached hydrogen (secondary N) is 4. The second kappa shape index (κ2) is 16.8. The molecule has 0 spiro atoms. The SMILES string of the molecule is CCCC(NC(=O)[C@@H]1[C@H]2CC=C[C@H]2CN1C(=O)[C@@H](NC(=O)[C@H](NC(=O)c1cnccn1)C(C)C)C(C)(C)C)C(=O)C(=O)N[C@@H](C)c1ccccc1. The van der Waals surface area contributed by atoms with Gasteiger partial charge < -0.3 is 26.2 Å². The van der Waals surface area contributed by atoms with Gasteiger partial charge in [-0.3, -0.25) is 33.8 Å². The molecule has 0 saturated carbocycles. The molecule has 4 rings (SSSR count). The maximum atomic E-state index is 14.5. The highest BCUT2D eigenvalue weighted by molar-refractivity contribution is 6.38. The van der Waals surface area contributed by atoms with Gasteiger partial charge in [0.15, 0.2) is 0 Å². The molecule has 1 fully saturated rings. The van der Waals surface area contributed by atoms with Crippen LogP contribution in [0.2, 0.25) is 0 Å². The number of amides is 5. The Morgan fingerprint density at radius 2 is 1.65 bits per heavy atom. The summed E-state index contributed by atoms with van der Waals surface area (Å²) in [6, 6.07) is 4.76. The molecule has 1 aliphatic carbocycles. The summed E-state index contributed by atoms with van der Waals surface area (Å²) in [5, 5.41) is 11.2. The number of rotatable bonds is 14. The van der Waals surface area contributed by atoms with E-state index in [1.807, 2.05) is 70.2 Å². The van der Waals surface area contributed by atoms with Crippen LogP contribution >= 0.6 is 0 Å². The predicted molar refractivity (Wildman–Crippen MR) is 191 cm³/mol. The molecule has 13 nitrogen and oxygen atoms in total. The molecule has 1 aliphatic heterocycles. The van der Waals surface area contributed by atoms with Gasteiger partial charge in [-0.15, -0.1) is 0 Å². The molecule has 2 heterocycles. The summed E-state index contributed by atoms with van der Waals surface area (Å²) in [6.07, 6.45) is 9.42. The van der Waals surface area contributed by atoms with E-state index in [1.54, 1.807) is 20.8 Å². The molecule has 0 bridgehead atoms. The molecule has 5 amide bonds. The number of carbonyl (C=O) groups is 6. The van der Waals surface area contributed by atoms with Crippen molar-refractivity contribution in [1.82, 2.24) is 36.1 Å². The van der Waals surface area contributed by atoms with Crippen LogP contribution in [0.15, 0.2) is 61.1 Å². The molecule has 51 heavy (non-hydrogen) atoms. The number of benzene rings is 1. The summed E-state index contributed by atoms with van der Waals surface area (Å²) in [7, 11) is 0. The average Bonchev–Trinajstić information content (AvgIpc) is 3.70. The minimum Gasteiger partial charge on any atom is -0.344 e. The number of ketones is 1. The largest absolute Gasteiger partial charge is 0.344 e. The lowest BCUT2D eigenvalue weighted by molar-refractivity contribution is -0.146.